The van der Waals surface area contributed by atoms with Crippen molar-refractivity contribution in [3.63, 3.8) is 0 Å². The van der Waals surface area contributed by atoms with Crippen molar-refractivity contribution in [1.29, 1.82) is 0 Å². The van der Waals surface area contributed by atoms with Crippen molar-refractivity contribution in [2.24, 2.45) is 5.92 Å². The molecule has 0 fully saturated rings. The van der Waals surface area contributed by atoms with Crippen LogP contribution in [0.2, 0.25) is 0 Å². The van der Waals surface area contributed by atoms with Crippen LogP contribution in [-0.2, 0) is 10.8 Å². The van der Waals surface area contributed by atoms with Crippen molar-refractivity contribution < 1.29 is 0 Å². The Morgan fingerprint density at radius 3 is 1.95 bits per heavy atom. The second-order valence-corrected chi connectivity index (χ2v) is 18.8. The van der Waals surface area contributed by atoms with Gasteiger partial charge in [0.1, 0.15) is 0 Å². The van der Waals surface area contributed by atoms with Gasteiger partial charge < -0.3 is 9.47 Å². The minimum Gasteiger partial charge on any atom is -0.310 e. The first-order valence-corrected chi connectivity index (χ1v) is 22.9. The average molecular weight is 837 g/mol. The third-order valence-corrected chi connectivity index (χ3v) is 13.7. The molecule has 2 aliphatic rings. The zero-order valence-electron chi connectivity index (χ0n) is 37.5. The van der Waals surface area contributed by atoms with E-state index in [2.05, 4.69) is 274 Å². The lowest BCUT2D eigenvalue weighted by molar-refractivity contribution is 0.495. The molecule has 11 rings (SSSR count). The third kappa shape index (κ3) is 7.07. The van der Waals surface area contributed by atoms with Crippen molar-refractivity contribution in [2.45, 2.75) is 38.5 Å². The minimum absolute atomic E-state index is 0.0561. The highest BCUT2D eigenvalue weighted by molar-refractivity contribution is 6.10. The van der Waals surface area contributed by atoms with Crippen LogP contribution in [-0.4, -0.2) is 4.57 Å². The molecule has 65 heavy (non-hydrogen) atoms. The summed E-state index contributed by atoms with van der Waals surface area (Å²) in [4.78, 5) is 2.52. The smallest absolute Gasteiger partial charge is 0.0541 e. The summed E-state index contributed by atoms with van der Waals surface area (Å²) >= 11 is 0. The molecule has 2 aliphatic carbocycles. The van der Waals surface area contributed by atoms with Crippen molar-refractivity contribution in [1.82, 2.24) is 4.57 Å². The Kier molecular flexibility index (Phi) is 9.97. The van der Waals surface area contributed by atoms with Crippen LogP contribution in [0.4, 0.5) is 17.1 Å². The molecule has 9 aromatic rings. The van der Waals surface area contributed by atoms with Crippen molar-refractivity contribution in [3.05, 3.63) is 259 Å². The number of benzene rings is 8. The molecule has 8 aromatic carbocycles. The molecule has 0 amide bonds. The van der Waals surface area contributed by atoms with E-state index in [0.717, 1.165) is 28.3 Å². The summed E-state index contributed by atoms with van der Waals surface area (Å²) in [7, 11) is 0. The lowest BCUT2D eigenvalue weighted by Gasteiger charge is -2.44. The molecule has 0 spiro atoms. The first-order chi connectivity index (χ1) is 31.8. The first-order valence-electron chi connectivity index (χ1n) is 22.9. The highest BCUT2D eigenvalue weighted by Gasteiger charge is 2.42. The summed E-state index contributed by atoms with van der Waals surface area (Å²) in [5.74, 6) is 0.110. The molecule has 2 heteroatoms. The SMILES string of the molecule is CC(C)(C)c1ccc(-c2ccccc2N(c2cccc(-c3ccc4c(c3)c3ccccc3n4-c3ccccc3)c2)c2ccccc2C2(C)C=CC=C3C=CC=C(c4ccccc4)C32)cc1. The number of para-hydroxylation sites is 4. The van der Waals surface area contributed by atoms with Crippen molar-refractivity contribution in [3.8, 4) is 27.9 Å². The van der Waals surface area contributed by atoms with Gasteiger partial charge in [-0.25, -0.2) is 0 Å². The Balaban J connectivity index is 1.11. The van der Waals surface area contributed by atoms with Gasteiger partial charge in [-0.15, -0.1) is 0 Å². The van der Waals surface area contributed by atoms with Crippen LogP contribution in [0, 0.1) is 5.92 Å². The van der Waals surface area contributed by atoms with E-state index >= 15 is 0 Å². The van der Waals surface area contributed by atoms with Gasteiger partial charge in [-0.2, -0.15) is 0 Å². The van der Waals surface area contributed by atoms with Crippen LogP contribution in [0.25, 0.3) is 55.3 Å². The van der Waals surface area contributed by atoms with Gasteiger partial charge in [0.05, 0.1) is 22.4 Å². The van der Waals surface area contributed by atoms with Gasteiger partial charge in [-0.1, -0.05) is 210 Å². The molecular weight excluding hydrogens is 785 g/mol. The Bertz CT molecular complexity index is 3350. The molecule has 0 bridgehead atoms. The van der Waals surface area contributed by atoms with Crippen LogP contribution in [0.5, 0.6) is 0 Å². The number of allylic oxidation sites excluding steroid dienone is 8. The molecule has 314 valence electrons. The normalized spacial score (nSPS) is 16.9. The second kappa shape index (κ2) is 16.1. The minimum atomic E-state index is -0.385. The van der Waals surface area contributed by atoms with E-state index in [1.54, 1.807) is 0 Å². The monoisotopic (exact) mass is 836 g/mol. The van der Waals surface area contributed by atoms with Crippen LogP contribution >= 0.6 is 0 Å². The highest BCUT2D eigenvalue weighted by Crippen LogP contribution is 2.54. The van der Waals surface area contributed by atoms with Gasteiger partial charge in [0.15, 0.2) is 0 Å². The summed E-state index contributed by atoms with van der Waals surface area (Å²) in [5, 5.41) is 2.48. The summed E-state index contributed by atoms with van der Waals surface area (Å²) in [6.07, 6.45) is 13.8. The van der Waals surface area contributed by atoms with E-state index in [4.69, 9.17) is 0 Å². The largest absolute Gasteiger partial charge is 0.310 e. The number of fused-ring (bicyclic) bond motifs is 4. The molecule has 0 N–H and O–H groups in total. The van der Waals surface area contributed by atoms with Gasteiger partial charge in [0.25, 0.3) is 0 Å². The van der Waals surface area contributed by atoms with Crippen molar-refractivity contribution >= 4 is 44.4 Å². The maximum Gasteiger partial charge on any atom is 0.0541 e. The molecule has 0 radical (unpaired) electrons. The van der Waals surface area contributed by atoms with E-state index < -0.39 is 0 Å². The Labute approximate surface area is 383 Å². The van der Waals surface area contributed by atoms with Gasteiger partial charge >= 0.3 is 0 Å². The van der Waals surface area contributed by atoms with Gasteiger partial charge in [-0.05, 0) is 105 Å². The van der Waals surface area contributed by atoms with E-state index in [9.17, 15) is 0 Å². The van der Waals surface area contributed by atoms with Crippen LogP contribution in [0.3, 0.4) is 0 Å². The molecule has 2 unspecified atom stereocenters. The Morgan fingerprint density at radius 2 is 1.15 bits per heavy atom. The fraction of sp³-hybridized carbons (Fsp3) is 0.111. The van der Waals surface area contributed by atoms with Gasteiger partial charge in [-0.3, -0.25) is 0 Å². The molecule has 0 saturated heterocycles. The number of nitrogens with zero attached hydrogens (tertiary/aromatic N) is 2. The summed E-state index contributed by atoms with van der Waals surface area (Å²) in [6, 6.07) is 73.7. The molecule has 0 aliphatic heterocycles. The van der Waals surface area contributed by atoms with Gasteiger partial charge in [0.2, 0.25) is 0 Å². The standard InChI is InChI=1S/C63H52N2/c1-62(2,3)49-38-35-45(36-39-49)52-28-11-14-32-57(52)65(60-34-16-13-31-56(60)63(4)41-19-24-46-22-18-30-53(61(46)63)44-20-7-5-8-21-44)51-27-17-23-47(42-51)48-37-40-59-55(43-48)54-29-12-15-33-58(54)64(59)50-25-9-6-10-26-50/h5-43,61H,1-4H3. The van der Waals surface area contributed by atoms with E-state index in [-0.39, 0.29) is 16.7 Å². The Morgan fingerprint density at radius 1 is 0.508 bits per heavy atom. The van der Waals surface area contributed by atoms with Crippen LogP contribution < -0.4 is 4.90 Å². The third-order valence-electron chi connectivity index (χ3n) is 13.7. The van der Waals surface area contributed by atoms with Gasteiger partial charge in [0, 0.05) is 39.0 Å². The lowest BCUT2D eigenvalue weighted by Crippen LogP contribution is -2.35. The second-order valence-electron chi connectivity index (χ2n) is 18.8. The first kappa shape index (κ1) is 40.1. The Hall–Kier alpha value is -7.68. The summed E-state index contributed by atoms with van der Waals surface area (Å²) in [5.41, 5.74) is 17.8. The summed E-state index contributed by atoms with van der Waals surface area (Å²) < 4.78 is 2.38. The number of anilines is 3. The number of hydrogen-bond acceptors (Lipinski definition) is 1. The maximum atomic E-state index is 2.52. The fourth-order valence-electron chi connectivity index (χ4n) is 10.5. The number of hydrogen-bond donors (Lipinski definition) is 0. The molecule has 0 saturated carbocycles. The quantitative estimate of drug-likeness (QED) is 0.148. The lowest BCUT2D eigenvalue weighted by atomic mass is 9.61. The summed E-state index contributed by atoms with van der Waals surface area (Å²) in [6.45, 7) is 9.27. The van der Waals surface area contributed by atoms with E-state index in [1.807, 2.05) is 0 Å². The van der Waals surface area contributed by atoms with Crippen LogP contribution in [0.15, 0.2) is 242 Å². The topological polar surface area (TPSA) is 8.17 Å². The highest BCUT2D eigenvalue weighted by atomic mass is 15.1. The fourth-order valence-corrected chi connectivity index (χ4v) is 10.5. The number of aromatic nitrogens is 1. The van der Waals surface area contributed by atoms with E-state index in [1.165, 1.54) is 66.3 Å². The molecular formula is C63H52N2. The predicted molar refractivity (Wildman–Crippen MR) is 277 cm³/mol. The predicted octanol–water partition coefficient (Wildman–Crippen LogP) is 16.9. The van der Waals surface area contributed by atoms with Crippen molar-refractivity contribution in [2.75, 3.05) is 4.90 Å². The maximum absolute atomic E-state index is 2.52. The van der Waals surface area contributed by atoms with Crippen LogP contribution in [0.1, 0.15) is 44.4 Å². The van der Waals surface area contributed by atoms with E-state index in [0.29, 0.717) is 0 Å². The molecule has 1 aromatic heterocycles. The zero-order valence-corrected chi connectivity index (χ0v) is 37.5. The average Bonchev–Trinajstić information content (AvgIpc) is 3.68. The molecule has 2 atom stereocenters. The molecule has 2 nitrogen and oxygen atoms in total. The number of rotatable bonds is 8. The zero-order chi connectivity index (χ0) is 44.1. The molecule has 1 heterocycles.